The molecule has 0 bridgehead atoms. The van der Waals surface area contributed by atoms with Crippen molar-refractivity contribution in [2.24, 2.45) is 0 Å². The molecule has 19 heavy (non-hydrogen) atoms. The summed E-state index contributed by atoms with van der Waals surface area (Å²) in [5.74, 6) is 0.423. The van der Waals surface area contributed by atoms with Gasteiger partial charge in [0.2, 0.25) is 0 Å². The molecule has 4 nitrogen and oxygen atoms in total. The van der Waals surface area contributed by atoms with Crippen molar-refractivity contribution in [3.05, 3.63) is 39.7 Å². The van der Waals surface area contributed by atoms with Gasteiger partial charge in [-0.15, -0.1) is 0 Å². The molecule has 0 spiro atoms. The number of thiophene rings is 1. The van der Waals surface area contributed by atoms with Crippen molar-refractivity contribution in [3.63, 3.8) is 0 Å². The van der Waals surface area contributed by atoms with Crippen molar-refractivity contribution in [2.45, 2.75) is 13.3 Å². The van der Waals surface area contributed by atoms with E-state index in [0.29, 0.717) is 16.4 Å². The third-order valence-corrected chi connectivity index (χ3v) is 3.42. The number of nitrogens with zero attached hydrogens (tertiary/aromatic N) is 1. The lowest BCUT2D eigenvalue weighted by molar-refractivity contribution is 0.102. The van der Waals surface area contributed by atoms with Crippen LogP contribution in [0.3, 0.4) is 0 Å². The number of halogens is 1. The molecular formula is C13H14ClN3OS. The van der Waals surface area contributed by atoms with Crippen molar-refractivity contribution < 1.29 is 4.79 Å². The summed E-state index contributed by atoms with van der Waals surface area (Å²) in [7, 11) is 0. The Morgan fingerprint density at radius 2 is 2.37 bits per heavy atom. The van der Waals surface area contributed by atoms with Crippen molar-refractivity contribution in [1.82, 2.24) is 4.98 Å². The minimum Gasteiger partial charge on any atom is -0.370 e. The summed E-state index contributed by atoms with van der Waals surface area (Å²) in [4.78, 5) is 16.2. The molecule has 0 unspecified atom stereocenters. The number of rotatable bonds is 5. The number of nitrogens with one attached hydrogen (secondary N) is 2. The molecule has 100 valence electrons. The Morgan fingerprint density at radius 3 is 3.05 bits per heavy atom. The summed E-state index contributed by atoms with van der Waals surface area (Å²) in [5, 5.41) is 10.0. The van der Waals surface area contributed by atoms with E-state index in [1.807, 2.05) is 16.8 Å². The Labute approximate surface area is 120 Å². The van der Waals surface area contributed by atoms with Crippen LogP contribution in [-0.4, -0.2) is 17.4 Å². The number of hydrogen-bond donors (Lipinski definition) is 2. The average Bonchev–Trinajstić information content (AvgIpc) is 2.90. The van der Waals surface area contributed by atoms with Crippen LogP contribution in [0.15, 0.2) is 29.1 Å². The van der Waals surface area contributed by atoms with Gasteiger partial charge in [-0.05, 0) is 23.9 Å². The Balaban J connectivity index is 2.15. The Hall–Kier alpha value is -1.59. The summed E-state index contributed by atoms with van der Waals surface area (Å²) in [6.45, 7) is 2.87. The number of carbonyl (C=O) groups is 1. The minimum atomic E-state index is -0.231. The molecule has 0 saturated carbocycles. The summed E-state index contributed by atoms with van der Waals surface area (Å²) in [6, 6.07) is 3.51. The van der Waals surface area contributed by atoms with Crippen LogP contribution in [0.4, 0.5) is 11.5 Å². The van der Waals surface area contributed by atoms with E-state index in [-0.39, 0.29) is 5.91 Å². The van der Waals surface area contributed by atoms with Gasteiger partial charge in [0, 0.05) is 18.1 Å². The highest BCUT2D eigenvalue weighted by Gasteiger charge is 2.12. The molecule has 0 fully saturated rings. The Bertz CT molecular complexity index is 557. The van der Waals surface area contributed by atoms with Gasteiger partial charge in [0.1, 0.15) is 5.82 Å². The van der Waals surface area contributed by atoms with Crippen molar-refractivity contribution >= 4 is 40.4 Å². The second kappa shape index (κ2) is 6.54. The predicted octanol–water partition coefficient (Wildman–Crippen LogP) is 3.87. The van der Waals surface area contributed by atoms with Gasteiger partial charge in [0.05, 0.1) is 16.3 Å². The lowest BCUT2D eigenvalue weighted by Gasteiger charge is -2.08. The van der Waals surface area contributed by atoms with Crippen molar-refractivity contribution in [3.8, 4) is 0 Å². The number of carbonyl (C=O) groups excluding carboxylic acids is 1. The van der Waals surface area contributed by atoms with Crippen LogP contribution >= 0.6 is 22.9 Å². The normalized spacial score (nSPS) is 10.2. The molecule has 1 amide bonds. The maximum atomic E-state index is 12.1. The highest BCUT2D eigenvalue weighted by molar-refractivity contribution is 7.08. The fourth-order valence-corrected chi connectivity index (χ4v) is 2.27. The molecule has 0 aliphatic rings. The topological polar surface area (TPSA) is 54.0 Å². The summed E-state index contributed by atoms with van der Waals surface area (Å²) < 4.78 is 0. The van der Waals surface area contributed by atoms with Crippen LogP contribution in [0.5, 0.6) is 0 Å². The third kappa shape index (κ3) is 3.68. The van der Waals surface area contributed by atoms with Gasteiger partial charge in [-0.2, -0.15) is 11.3 Å². The van der Waals surface area contributed by atoms with Crippen LogP contribution in [0, 0.1) is 0 Å². The molecule has 6 heteroatoms. The molecule has 2 heterocycles. The predicted molar refractivity (Wildman–Crippen MR) is 80.3 cm³/mol. The number of amides is 1. The Morgan fingerprint density at radius 1 is 1.53 bits per heavy atom. The summed E-state index contributed by atoms with van der Waals surface area (Å²) >= 11 is 7.54. The fraction of sp³-hybridized carbons (Fsp3) is 0.231. The fourth-order valence-electron chi connectivity index (χ4n) is 1.50. The van der Waals surface area contributed by atoms with Gasteiger partial charge in [-0.25, -0.2) is 4.98 Å². The first kappa shape index (κ1) is 13.8. The largest absolute Gasteiger partial charge is 0.370 e. The van der Waals surface area contributed by atoms with Gasteiger partial charge >= 0.3 is 0 Å². The maximum Gasteiger partial charge on any atom is 0.257 e. The molecule has 0 aliphatic carbocycles. The first-order valence-electron chi connectivity index (χ1n) is 5.93. The first-order chi connectivity index (χ1) is 9.20. The van der Waals surface area contributed by atoms with E-state index < -0.39 is 0 Å². The quantitative estimate of drug-likeness (QED) is 0.880. The zero-order valence-electron chi connectivity index (χ0n) is 10.4. The van der Waals surface area contributed by atoms with Crippen LogP contribution in [0.25, 0.3) is 0 Å². The first-order valence-corrected chi connectivity index (χ1v) is 7.25. The van der Waals surface area contributed by atoms with E-state index in [9.17, 15) is 4.79 Å². The molecular weight excluding hydrogens is 282 g/mol. The number of pyridine rings is 1. The molecule has 2 aromatic rings. The molecule has 2 rings (SSSR count). The van der Waals surface area contributed by atoms with E-state index >= 15 is 0 Å². The van der Waals surface area contributed by atoms with Gasteiger partial charge in [0.15, 0.2) is 0 Å². The lowest BCUT2D eigenvalue weighted by Crippen LogP contribution is -2.13. The van der Waals surface area contributed by atoms with Gasteiger partial charge in [-0.3, -0.25) is 4.79 Å². The molecule has 0 aromatic carbocycles. The van der Waals surface area contributed by atoms with E-state index in [2.05, 4.69) is 22.5 Å². The second-order valence-electron chi connectivity index (χ2n) is 3.94. The van der Waals surface area contributed by atoms with E-state index in [1.54, 1.807) is 6.07 Å². The molecule has 0 atom stereocenters. The van der Waals surface area contributed by atoms with Gasteiger partial charge in [-0.1, -0.05) is 18.5 Å². The third-order valence-electron chi connectivity index (χ3n) is 2.44. The summed E-state index contributed by atoms with van der Waals surface area (Å²) in [6.07, 6.45) is 2.48. The number of aromatic nitrogens is 1. The standard InChI is InChI=1S/C13H14ClN3OS/c1-2-4-15-12-6-10(11(14)7-16-12)13(18)17-9-3-5-19-8-9/h3,5-8H,2,4H2,1H3,(H,15,16)(H,17,18). The zero-order valence-corrected chi connectivity index (χ0v) is 12.0. The average molecular weight is 296 g/mol. The van der Waals surface area contributed by atoms with Gasteiger partial charge in [0.25, 0.3) is 5.91 Å². The van der Waals surface area contributed by atoms with E-state index in [0.717, 1.165) is 18.7 Å². The molecule has 0 saturated heterocycles. The highest BCUT2D eigenvalue weighted by atomic mass is 35.5. The van der Waals surface area contributed by atoms with Gasteiger partial charge < -0.3 is 10.6 Å². The number of anilines is 2. The minimum absolute atomic E-state index is 0.231. The van der Waals surface area contributed by atoms with E-state index in [4.69, 9.17) is 11.6 Å². The number of hydrogen-bond acceptors (Lipinski definition) is 4. The Kier molecular flexibility index (Phi) is 4.76. The monoisotopic (exact) mass is 295 g/mol. The smallest absolute Gasteiger partial charge is 0.257 e. The maximum absolute atomic E-state index is 12.1. The van der Waals surface area contributed by atoms with Crippen LogP contribution in [-0.2, 0) is 0 Å². The van der Waals surface area contributed by atoms with Crippen LogP contribution < -0.4 is 10.6 Å². The zero-order chi connectivity index (χ0) is 13.7. The molecule has 0 radical (unpaired) electrons. The molecule has 2 N–H and O–H groups in total. The molecule has 0 aliphatic heterocycles. The molecule has 2 aromatic heterocycles. The lowest BCUT2D eigenvalue weighted by atomic mass is 10.2. The SMILES string of the molecule is CCCNc1cc(C(=O)Nc2ccsc2)c(Cl)cn1. The van der Waals surface area contributed by atoms with Crippen LogP contribution in [0.1, 0.15) is 23.7 Å². The van der Waals surface area contributed by atoms with Crippen LogP contribution in [0.2, 0.25) is 5.02 Å². The highest BCUT2D eigenvalue weighted by Crippen LogP contribution is 2.20. The second-order valence-corrected chi connectivity index (χ2v) is 5.13. The van der Waals surface area contributed by atoms with Crippen molar-refractivity contribution in [1.29, 1.82) is 0 Å². The van der Waals surface area contributed by atoms with Crippen molar-refractivity contribution in [2.75, 3.05) is 17.2 Å². The van der Waals surface area contributed by atoms with E-state index in [1.165, 1.54) is 17.5 Å². The summed E-state index contributed by atoms with van der Waals surface area (Å²) in [5.41, 5.74) is 1.19.